The third-order valence-electron chi connectivity index (χ3n) is 7.47. The Labute approximate surface area is 222 Å². The first-order valence-corrected chi connectivity index (χ1v) is 16.4. The molecule has 0 saturated heterocycles. The van der Waals surface area contributed by atoms with Gasteiger partial charge in [-0.05, 0) is 38.8 Å². The Kier molecular flexibility index (Phi) is 31.8. The third-order valence-corrected chi connectivity index (χ3v) is 7.47. The third kappa shape index (κ3) is 30.0. The average molecular weight is 497 g/mol. The molecular formula is C32H68N2O. The summed E-state index contributed by atoms with van der Waals surface area (Å²) in [6.07, 6.45) is 34.5. The van der Waals surface area contributed by atoms with Crippen molar-refractivity contribution in [3.05, 3.63) is 0 Å². The highest BCUT2D eigenvalue weighted by Crippen LogP contribution is 2.14. The van der Waals surface area contributed by atoms with Crippen LogP contribution in [0, 0.1) is 0 Å². The molecule has 0 heterocycles. The fraction of sp³-hybridized carbons (Fsp3) is 1.00. The molecule has 1 unspecified atom stereocenters. The topological polar surface area (TPSA) is 47.3 Å². The molecule has 0 aliphatic carbocycles. The van der Waals surface area contributed by atoms with Crippen molar-refractivity contribution >= 4 is 0 Å². The van der Waals surface area contributed by atoms with Crippen LogP contribution in [0.5, 0.6) is 0 Å². The fourth-order valence-electron chi connectivity index (χ4n) is 5.01. The summed E-state index contributed by atoms with van der Waals surface area (Å²) < 4.78 is 6.00. The minimum absolute atomic E-state index is 0.609. The summed E-state index contributed by atoms with van der Waals surface area (Å²) in [5.74, 6) is 0. The molecule has 0 bridgehead atoms. The van der Waals surface area contributed by atoms with E-state index in [0.29, 0.717) is 6.04 Å². The molecule has 0 fully saturated rings. The summed E-state index contributed by atoms with van der Waals surface area (Å²) in [5, 5.41) is 3.74. The quantitative estimate of drug-likeness (QED) is 0.0939. The number of ether oxygens (including phenoxy) is 1. The second kappa shape index (κ2) is 31.9. The van der Waals surface area contributed by atoms with E-state index in [0.717, 1.165) is 39.1 Å². The molecule has 0 aromatic rings. The van der Waals surface area contributed by atoms with Crippen molar-refractivity contribution in [3.8, 4) is 0 Å². The van der Waals surface area contributed by atoms with Crippen molar-refractivity contribution in [2.24, 2.45) is 5.73 Å². The summed E-state index contributed by atoms with van der Waals surface area (Å²) in [5.41, 5.74) is 5.69. The summed E-state index contributed by atoms with van der Waals surface area (Å²) in [6, 6.07) is 0.609. The normalized spacial score (nSPS) is 12.4. The van der Waals surface area contributed by atoms with E-state index in [1.54, 1.807) is 0 Å². The smallest absolute Gasteiger partial charge is 0.0480 e. The van der Waals surface area contributed by atoms with Gasteiger partial charge < -0.3 is 15.8 Å². The molecule has 0 aliphatic rings. The van der Waals surface area contributed by atoms with E-state index in [9.17, 15) is 0 Å². The second-order valence-corrected chi connectivity index (χ2v) is 11.1. The van der Waals surface area contributed by atoms with Crippen molar-refractivity contribution in [2.45, 2.75) is 180 Å². The highest BCUT2D eigenvalue weighted by Gasteiger charge is 2.08. The molecule has 0 spiro atoms. The van der Waals surface area contributed by atoms with Crippen LogP contribution in [0.2, 0.25) is 0 Å². The van der Waals surface area contributed by atoms with Crippen LogP contribution in [0.25, 0.3) is 0 Å². The van der Waals surface area contributed by atoms with Gasteiger partial charge in [-0.2, -0.15) is 0 Å². The largest absolute Gasteiger partial charge is 0.381 e. The van der Waals surface area contributed by atoms with Gasteiger partial charge in [0.2, 0.25) is 0 Å². The Balaban J connectivity index is 3.55. The van der Waals surface area contributed by atoms with Gasteiger partial charge in [0.25, 0.3) is 0 Å². The number of rotatable bonds is 31. The fourth-order valence-corrected chi connectivity index (χ4v) is 5.01. The lowest BCUT2D eigenvalue weighted by molar-refractivity contribution is 0.119. The first-order chi connectivity index (χ1) is 17.3. The minimum Gasteiger partial charge on any atom is -0.381 e. The van der Waals surface area contributed by atoms with Gasteiger partial charge in [0, 0.05) is 19.3 Å². The molecule has 3 N–H and O–H groups in total. The number of nitrogens with two attached hydrogens (primary N) is 1. The Bertz CT molecular complexity index is 363. The molecule has 3 nitrogen and oxygen atoms in total. The Morgan fingerprint density at radius 3 is 1.37 bits per heavy atom. The highest BCUT2D eigenvalue weighted by atomic mass is 16.5. The first-order valence-electron chi connectivity index (χ1n) is 16.4. The van der Waals surface area contributed by atoms with Crippen molar-refractivity contribution < 1.29 is 4.74 Å². The van der Waals surface area contributed by atoms with Gasteiger partial charge in [-0.25, -0.2) is 0 Å². The molecule has 3 heteroatoms. The molecule has 0 saturated carbocycles. The van der Waals surface area contributed by atoms with Crippen LogP contribution in [-0.4, -0.2) is 32.3 Å². The van der Waals surface area contributed by atoms with Crippen LogP contribution >= 0.6 is 0 Å². The monoisotopic (exact) mass is 497 g/mol. The molecule has 0 aromatic carbocycles. The molecule has 212 valence electrons. The van der Waals surface area contributed by atoms with Crippen LogP contribution < -0.4 is 11.1 Å². The van der Waals surface area contributed by atoms with E-state index >= 15 is 0 Å². The molecule has 0 aromatic heterocycles. The molecule has 0 radical (unpaired) electrons. The molecular weight excluding hydrogens is 428 g/mol. The Morgan fingerprint density at radius 2 is 0.914 bits per heavy atom. The van der Waals surface area contributed by atoms with Gasteiger partial charge in [-0.1, -0.05) is 149 Å². The number of hydrogen-bond donors (Lipinski definition) is 2. The Morgan fingerprint density at radius 1 is 0.486 bits per heavy atom. The average Bonchev–Trinajstić information content (AvgIpc) is 2.87. The van der Waals surface area contributed by atoms with Crippen molar-refractivity contribution in [1.82, 2.24) is 5.32 Å². The van der Waals surface area contributed by atoms with E-state index in [4.69, 9.17) is 10.5 Å². The van der Waals surface area contributed by atoms with Crippen LogP contribution in [0.15, 0.2) is 0 Å². The zero-order valence-corrected chi connectivity index (χ0v) is 24.6. The second-order valence-electron chi connectivity index (χ2n) is 11.1. The summed E-state index contributed by atoms with van der Waals surface area (Å²) in [7, 11) is 0. The van der Waals surface area contributed by atoms with E-state index in [2.05, 4.69) is 19.2 Å². The molecule has 0 amide bonds. The number of nitrogens with one attached hydrogen (secondary N) is 1. The summed E-state index contributed by atoms with van der Waals surface area (Å²) >= 11 is 0. The van der Waals surface area contributed by atoms with Gasteiger partial charge in [0.15, 0.2) is 0 Å². The maximum Gasteiger partial charge on any atom is 0.0480 e. The van der Waals surface area contributed by atoms with E-state index in [1.165, 1.54) is 148 Å². The zero-order chi connectivity index (χ0) is 25.5. The lowest BCUT2D eigenvalue weighted by Gasteiger charge is -2.19. The highest BCUT2D eigenvalue weighted by molar-refractivity contribution is 4.67. The first kappa shape index (κ1) is 34.9. The van der Waals surface area contributed by atoms with Crippen molar-refractivity contribution in [3.63, 3.8) is 0 Å². The van der Waals surface area contributed by atoms with Crippen LogP contribution in [-0.2, 0) is 4.74 Å². The summed E-state index contributed by atoms with van der Waals surface area (Å²) in [6.45, 7) is 8.29. The SMILES string of the molecule is CCCCCCCCCCCCCCOCCC(CCCCCCCCCCCC)NCCCN. The van der Waals surface area contributed by atoms with Gasteiger partial charge in [0.1, 0.15) is 0 Å². The predicted octanol–water partition coefficient (Wildman–Crippen LogP) is 9.71. The molecule has 0 rings (SSSR count). The van der Waals surface area contributed by atoms with Crippen LogP contribution in [0.3, 0.4) is 0 Å². The maximum atomic E-state index is 6.00. The van der Waals surface area contributed by atoms with Crippen LogP contribution in [0.1, 0.15) is 174 Å². The molecule has 0 aliphatic heterocycles. The van der Waals surface area contributed by atoms with Gasteiger partial charge >= 0.3 is 0 Å². The number of hydrogen-bond acceptors (Lipinski definition) is 3. The standard InChI is InChI=1S/C32H68N2O/c1-3-5-7-9-11-13-15-16-18-20-22-24-30-35-31-27-32(34-29-25-28-33)26-23-21-19-17-14-12-10-8-6-4-2/h32,34H,3-31,33H2,1-2H3. The summed E-state index contributed by atoms with van der Waals surface area (Å²) in [4.78, 5) is 0. The van der Waals surface area contributed by atoms with Gasteiger partial charge in [-0.3, -0.25) is 0 Å². The van der Waals surface area contributed by atoms with Crippen molar-refractivity contribution in [1.29, 1.82) is 0 Å². The maximum absolute atomic E-state index is 6.00. The van der Waals surface area contributed by atoms with Gasteiger partial charge in [0.05, 0.1) is 0 Å². The molecule has 1 atom stereocenters. The van der Waals surface area contributed by atoms with E-state index < -0.39 is 0 Å². The number of unbranched alkanes of at least 4 members (excludes halogenated alkanes) is 20. The van der Waals surface area contributed by atoms with Crippen LogP contribution in [0.4, 0.5) is 0 Å². The minimum atomic E-state index is 0.609. The van der Waals surface area contributed by atoms with E-state index in [1.807, 2.05) is 0 Å². The van der Waals surface area contributed by atoms with E-state index in [-0.39, 0.29) is 0 Å². The predicted molar refractivity (Wildman–Crippen MR) is 158 cm³/mol. The Hall–Kier alpha value is -0.120. The lowest BCUT2D eigenvalue weighted by atomic mass is 10.0. The zero-order valence-electron chi connectivity index (χ0n) is 24.6. The van der Waals surface area contributed by atoms with Crippen molar-refractivity contribution in [2.75, 3.05) is 26.3 Å². The van der Waals surface area contributed by atoms with Gasteiger partial charge in [-0.15, -0.1) is 0 Å². The lowest BCUT2D eigenvalue weighted by Crippen LogP contribution is -2.32. The molecule has 35 heavy (non-hydrogen) atoms.